The largest absolute Gasteiger partial charge is 0.480 e. The molecule has 0 spiro atoms. The Hall–Kier alpha value is -0.590. The minimum absolute atomic E-state index is 0.229. The SMILES string of the molecule is CNC1(C(=O)O)CCCC1CCSc1nccs1. The number of likely N-dealkylation sites (N-methyl/N-ethyl adjacent to an activating group) is 1. The molecule has 2 rings (SSSR count). The van der Waals surface area contributed by atoms with Crippen LogP contribution >= 0.6 is 23.1 Å². The van der Waals surface area contributed by atoms with E-state index in [0.717, 1.165) is 35.8 Å². The van der Waals surface area contributed by atoms with Gasteiger partial charge in [-0.2, -0.15) is 0 Å². The molecule has 0 aromatic carbocycles. The maximum absolute atomic E-state index is 11.5. The molecule has 4 nitrogen and oxygen atoms in total. The van der Waals surface area contributed by atoms with E-state index in [0.29, 0.717) is 0 Å². The van der Waals surface area contributed by atoms with Gasteiger partial charge in [-0.1, -0.05) is 18.2 Å². The maximum Gasteiger partial charge on any atom is 0.324 e. The molecule has 2 unspecified atom stereocenters. The number of nitrogens with one attached hydrogen (secondary N) is 1. The van der Waals surface area contributed by atoms with Crippen molar-refractivity contribution in [2.45, 2.75) is 35.6 Å². The van der Waals surface area contributed by atoms with Crippen LogP contribution in [0, 0.1) is 5.92 Å². The summed E-state index contributed by atoms with van der Waals surface area (Å²) in [6.07, 6.45) is 5.48. The van der Waals surface area contributed by atoms with Gasteiger partial charge in [-0.05, 0) is 32.2 Å². The summed E-state index contributed by atoms with van der Waals surface area (Å²) in [5.74, 6) is 0.466. The number of thiazole rings is 1. The predicted octanol–water partition coefficient (Wildman–Crippen LogP) is 2.47. The van der Waals surface area contributed by atoms with Crippen molar-refractivity contribution in [3.8, 4) is 0 Å². The molecule has 2 atom stereocenters. The number of thioether (sulfide) groups is 1. The van der Waals surface area contributed by atoms with Gasteiger partial charge in [0, 0.05) is 17.3 Å². The number of aliphatic carboxylic acids is 1. The lowest BCUT2D eigenvalue weighted by atomic mass is 9.85. The van der Waals surface area contributed by atoms with Gasteiger partial charge in [-0.3, -0.25) is 4.79 Å². The molecule has 1 aromatic rings. The third kappa shape index (κ3) is 2.70. The van der Waals surface area contributed by atoms with E-state index in [1.165, 1.54) is 0 Å². The van der Waals surface area contributed by atoms with E-state index in [-0.39, 0.29) is 5.92 Å². The molecule has 0 aliphatic heterocycles. The predicted molar refractivity (Wildman–Crippen MR) is 74.2 cm³/mol. The third-order valence-corrected chi connectivity index (χ3v) is 5.75. The summed E-state index contributed by atoms with van der Waals surface area (Å²) in [7, 11) is 1.76. The fourth-order valence-electron chi connectivity index (χ4n) is 2.76. The van der Waals surface area contributed by atoms with Crippen LogP contribution in [-0.4, -0.2) is 34.4 Å². The summed E-state index contributed by atoms with van der Waals surface area (Å²) in [6, 6.07) is 0. The fraction of sp³-hybridized carbons (Fsp3) is 0.667. The van der Waals surface area contributed by atoms with Crippen LogP contribution in [0.5, 0.6) is 0 Å². The van der Waals surface area contributed by atoms with Crippen LogP contribution in [0.15, 0.2) is 15.9 Å². The number of rotatable bonds is 6. The molecule has 1 heterocycles. The lowest BCUT2D eigenvalue weighted by Gasteiger charge is -2.30. The molecular weight excluding hydrogens is 268 g/mol. The van der Waals surface area contributed by atoms with Gasteiger partial charge >= 0.3 is 5.97 Å². The molecule has 0 saturated heterocycles. The quantitative estimate of drug-likeness (QED) is 0.787. The van der Waals surface area contributed by atoms with Gasteiger partial charge in [0.1, 0.15) is 9.88 Å². The van der Waals surface area contributed by atoms with E-state index in [4.69, 9.17) is 0 Å². The highest BCUT2D eigenvalue weighted by atomic mass is 32.2. The highest BCUT2D eigenvalue weighted by Crippen LogP contribution is 2.39. The topological polar surface area (TPSA) is 62.2 Å². The van der Waals surface area contributed by atoms with Crippen LogP contribution < -0.4 is 5.32 Å². The summed E-state index contributed by atoms with van der Waals surface area (Å²) in [4.78, 5) is 15.7. The van der Waals surface area contributed by atoms with E-state index in [2.05, 4.69) is 10.3 Å². The van der Waals surface area contributed by atoms with Crippen LogP contribution in [0.4, 0.5) is 0 Å². The molecule has 100 valence electrons. The Labute approximate surface area is 115 Å². The minimum atomic E-state index is -0.705. The lowest BCUT2D eigenvalue weighted by Crippen LogP contribution is -2.53. The standard InChI is InChI=1S/C12H18N2O2S2/c1-13-12(10(15)16)5-2-3-9(12)4-7-17-11-14-6-8-18-11/h6,8-9,13H,2-5,7H2,1H3,(H,15,16). The number of nitrogens with zero attached hydrogens (tertiary/aromatic N) is 1. The second-order valence-electron chi connectivity index (χ2n) is 4.55. The van der Waals surface area contributed by atoms with E-state index < -0.39 is 11.5 Å². The van der Waals surface area contributed by atoms with Crippen molar-refractivity contribution < 1.29 is 9.90 Å². The van der Waals surface area contributed by atoms with E-state index >= 15 is 0 Å². The maximum atomic E-state index is 11.5. The van der Waals surface area contributed by atoms with Crippen molar-refractivity contribution in [1.29, 1.82) is 0 Å². The van der Waals surface area contributed by atoms with Crippen molar-refractivity contribution in [1.82, 2.24) is 10.3 Å². The molecule has 1 saturated carbocycles. The molecule has 1 fully saturated rings. The summed E-state index contributed by atoms with van der Waals surface area (Å²) >= 11 is 3.36. The zero-order valence-electron chi connectivity index (χ0n) is 10.4. The number of carboxylic acid groups (broad SMARTS) is 1. The van der Waals surface area contributed by atoms with Gasteiger partial charge in [0.2, 0.25) is 0 Å². The first-order valence-corrected chi connectivity index (χ1v) is 8.00. The van der Waals surface area contributed by atoms with Crippen LogP contribution in [0.25, 0.3) is 0 Å². The molecule has 1 aromatic heterocycles. The second-order valence-corrected chi connectivity index (χ2v) is 6.79. The second kappa shape index (κ2) is 6.04. The average Bonchev–Trinajstić information content (AvgIpc) is 2.98. The molecule has 1 aliphatic carbocycles. The first-order valence-electron chi connectivity index (χ1n) is 6.13. The lowest BCUT2D eigenvalue weighted by molar-refractivity contribution is -0.146. The Kier molecular flexibility index (Phi) is 4.64. The molecule has 6 heteroatoms. The number of hydrogen-bond donors (Lipinski definition) is 2. The number of carbonyl (C=O) groups is 1. The summed E-state index contributed by atoms with van der Waals surface area (Å²) < 4.78 is 1.07. The first-order chi connectivity index (χ1) is 8.69. The number of aromatic nitrogens is 1. The van der Waals surface area contributed by atoms with Gasteiger partial charge in [-0.25, -0.2) is 4.98 Å². The van der Waals surface area contributed by atoms with Crippen molar-refractivity contribution in [3.63, 3.8) is 0 Å². The fourth-order valence-corrected chi connectivity index (χ4v) is 4.52. The van der Waals surface area contributed by atoms with E-state index in [1.807, 2.05) is 5.38 Å². The van der Waals surface area contributed by atoms with Crippen molar-refractivity contribution in [2.75, 3.05) is 12.8 Å². The summed E-state index contributed by atoms with van der Waals surface area (Å²) in [5.41, 5.74) is -0.705. The van der Waals surface area contributed by atoms with Gasteiger partial charge in [0.05, 0.1) is 0 Å². The molecule has 2 N–H and O–H groups in total. The van der Waals surface area contributed by atoms with Gasteiger partial charge in [0.15, 0.2) is 0 Å². The van der Waals surface area contributed by atoms with Crippen molar-refractivity contribution in [3.05, 3.63) is 11.6 Å². The monoisotopic (exact) mass is 286 g/mol. The van der Waals surface area contributed by atoms with Crippen LogP contribution in [0.3, 0.4) is 0 Å². The molecular formula is C12H18N2O2S2. The van der Waals surface area contributed by atoms with Gasteiger partial charge < -0.3 is 10.4 Å². The van der Waals surface area contributed by atoms with Crippen LogP contribution in [-0.2, 0) is 4.79 Å². The smallest absolute Gasteiger partial charge is 0.324 e. The highest BCUT2D eigenvalue weighted by molar-refractivity contribution is 8.00. The Morgan fingerprint density at radius 2 is 2.61 bits per heavy atom. The Bertz CT molecular complexity index is 397. The summed E-state index contributed by atoms with van der Waals surface area (Å²) in [6.45, 7) is 0. The molecule has 18 heavy (non-hydrogen) atoms. The molecule has 0 radical (unpaired) electrons. The van der Waals surface area contributed by atoms with Crippen molar-refractivity contribution >= 4 is 29.1 Å². The van der Waals surface area contributed by atoms with E-state index in [1.54, 1.807) is 36.3 Å². The molecule has 0 amide bonds. The summed E-state index contributed by atoms with van der Waals surface area (Å²) in [5, 5.41) is 14.5. The van der Waals surface area contributed by atoms with Crippen molar-refractivity contribution in [2.24, 2.45) is 5.92 Å². The van der Waals surface area contributed by atoms with E-state index in [9.17, 15) is 9.90 Å². The van der Waals surface area contributed by atoms with Gasteiger partial charge in [0.25, 0.3) is 0 Å². The zero-order valence-corrected chi connectivity index (χ0v) is 12.0. The zero-order chi connectivity index (χ0) is 13.0. The Balaban J connectivity index is 1.89. The minimum Gasteiger partial charge on any atom is -0.480 e. The van der Waals surface area contributed by atoms with Crippen LogP contribution in [0.1, 0.15) is 25.7 Å². The van der Waals surface area contributed by atoms with Crippen LogP contribution in [0.2, 0.25) is 0 Å². The van der Waals surface area contributed by atoms with Gasteiger partial charge in [-0.15, -0.1) is 11.3 Å². The first kappa shape index (κ1) is 13.8. The highest BCUT2D eigenvalue weighted by Gasteiger charge is 2.47. The Morgan fingerprint density at radius 3 is 3.22 bits per heavy atom. The molecule has 0 bridgehead atoms. The number of hydrogen-bond acceptors (Lipinski definition) is 5. The molecule has 1 aliphatic rings. The third-order valence-electron chi connectivity index (χ3n) is 3.75. The normalized spacial score (nSPS) is 27.5. The number of carboxylic acids is 1. The average molecular weight is 286 g/mol. The Morgan fingerprint density at radius 1 is 1.78 bits per heavy atom.